The number of hydrogen-bond donors (Lipinski definition) is 0. The van der Waals surface area contributed by atoms with Gasteiger partial charge in [0.15, 0.2) is 11.0 Å². The van der Waals surface area contributed by atoms with Crippen LogP contribution in [0.25, 0.3) is 5.65 Å². The molecule has 0 fully saturated rings. The van der Waals surface area contributed by atoms with Crippen molar-refractivity contribution in [3.63, 3.8) is 0 Å². The number of aromatic nitrogens is 5. The quantitative estimate of drug-likeness (QED) is 0.451. The molecule has 142 valence electrons. The third-order valence-corrected chi connectivity index (χ3v) is 5.46. The summed E-state index contributed by atoms with van der Waals surface area (Å²) in [5.41, 5.74) is 1.21. The van der Waals surface area contributed by atoms with E-state index in [4.69, 9.17) is 16.3 Å². The van der Waals surface area contributed by atoms with Gasteiger partial charge in [0.05, 0.1) is 10.7 Å². The first kappa shape index (κ1) is 18.5. The molecule has 0 saturated heterocycles. The number of para-hydroxylation sites is 1. The van der Waals surface area contributed by atoms with E-state index in [0.717, 1.165) is 0 Å². The molecule has 4 aromatic rings. The Morgan fingerprint density at radius 3 is 2.82 bits per heavy atom. The molecule has 3 heterocycles. The number of hydrogen-bond acceptors (Lipinski definition) is 6. The van der Waals surface area contributed by atoms with Crippen molar-refractivity contribution in [1.29, 1.82) is 0 Å². The van der Waals surface area contributed by atoms with Gasteiger partial charge in [-0.2, -0.15) is 0 Å². The highest BCUT2D eigenvalue weighted by Gasteiger charge is 2.12. The molecule has 3 aromatic heterocycles. The van der Waals surface area contributed by atoms with Gasteiger partial charge in [0.2, 0.25) is 0 Å². The zero-order chi connectivity index (χ0) is 19.5. The molecule has 0 aliphatic rings. The lowest BCUT2D eigenvalue weighted by atomic mass is 10.3. The summed E-state index contributed by atoms with van der Waals surface area (Å²) in [6, 6.07) is 14.3. The summed E-state index contributed by atoms with van der Waals surface area (Å²) < 4.78 is 9.09. The summed E-state index contributed by atoms with van der Waals surface area (Å²) >= 11 is 7.56. The Bertz CT molecular complexity index is 1190. The van der Waals surface area contributed by atoms with E-state index in [1.165, 1.54) is 22.2 Å². The van der Waals surface area contributed by atoms with E-state index in [2.05, 4.69) is 15.2 Å². The summed E-state index contributed by atoms with van der Waals surface area (Å²) in [5.74, 6) is 1.79. The van der Waals surface area contributed by atoms with Crippen LogP contribution in [-0.4, -0.2) is 24.1 Å². The van der Waals surface area contributed by atoms with E-state index < -0.39 is 0 Å². The maximum absolute atomic E-state index is 12.2. The molecule has 0 radical (unpaired) electrons. The second-order valence-electron chi connectivity index (χ2n) is 5.98. The van der Waals surface area contributed by atoms with E-state index >= 15 is 0 Å². The van der Waals surface area contributed by atoms with E-state index in [-0.39, 0.29) is 12.2 Å². The van der Waals surface area contributed by atoms with Crippen LogP contribution in [0.4, 0.5) is 0 Å². The highest BCUT2D eigenvalue weighted by atomic mass is 35.5. The van der Waals surface area contributed by atoms with E-state index in [0.29, 0.717) is 38.8 Å². The molecule has 0 bridgehead atoms. The Hall–Kier alpha value is -2.84. The fraction of sp³-hybridized carbons (Fsp3) is 0.158. The minimum Gasteiger partial charge on any atom is -0.484 e. The second kappa shape index (κ2) is 8.04. The lowest BCUT2D eigenvalue weighted by molar-refractivity contribution is 0.290. The van der Waals surface area contributed by atoms with E-state index in [1.807, 2.05) is 35.9 Å². The fourth-order valence-electron chi connectivity index (χ4n) is 2.62. The number of fused-ring (bicyclic) bond motifs is 1. The van der Waals surface area contributed by atoms with Crippen molar-refractivity contribution >= 4 is 29.0 Å². The van der Waals surface area contributed by atoms with Crippen molar-refractivity contribution in [3.8, 4) is 5.75 Å². The number of rotatable bonds is 6. The molecule has 7 nitrogen and oxygen atoms in total. The van der Waals surface area contributed by atoms with Crippen LogP contribution in [-0.2, 0) is 19.4 Å². The molecule has 0 atom stereocenters. The van der Waals surface area contributed by atoms with Crippen molar-refractivity contribution in [2.45, 2.75) is 17.5 Å². The van der Waals surface area contributed by atoms with Crippen LogP contribution in [0.1, 0.15) is 11.5 Å². The van der Waals surface area contributed by atoms with Crippen LogP contribution >= 0.6 is 23.4 Å². The molecule has 0 N–H and O–H groups in total. The van der Waals surface area contributed by atoms with Gasteiger partial charge in [0, 0.05) is 25.1 Å². The normalized spacial score (nSPS) is 11.1. The average molecular weight is 414 g/mol. The first-order valence-electron chi connectivity index (χ1n) is 8.47. The smallest absolute Gasteiger partial charge is 0.258 e. The number of halogens is 1. The van der Waals surface area contributed by atoms with Gasteiger partial charge in [-0.25, -0.2) is 4.98 Å². The van der Waals surface area contributed by atoms with Gasteiger partial charge in [-0.15, -0.1) is 10.2 Å². The molecular weight excluding hydrogens is 398 g/mol. The van der Waals surface area contributed by atoms with E-state index in [9.17, 15) is 4.79 Å². The molecule has 9 heteroatoms. The van der Waals surface area contributed by atoms with Crippen molar-refractivity contribution in [2.75, 3.05) is 0 Å². The van der Waals surface area contributed by atoms with Crippen molar-refractivity contribution in [2.24, 2.45) is 7.05 Å². The zero-order valence-corrected chi connectivity index (χ0v) is 16.5. The summed E-state index contributed by atoms with van der Waals surface area (Å²) in [6.07, 6.45) is 1.70. The van der Waals surface area contributed by atoms with Gasteiger partial charge >= 0.3 is 0 Å². The Balaban J connectivity index is 1.45. The van der Waals surface area contributed by atoms with Crippen molar-refractivity contribution in [3.05, 3.63) is 81.6 Å². The lowest BCUT2D eigenvalue weighted by Crippen LogP contribution is -2.14. The Labute approximate surface area is 170 Å². The molecule has 0 saturated carbocycles. The predicted octanol–water partition coefficient (Wildman–Crippen LogP) is 3.35. The molecule has 0 unspecified atom stereocenters. The minimum absolute atomic E-state index is 0.104. The van der Waals surface area contributed by atoms with Gasteiger partial charge in [0.25, 0.3) is 5.56 Å². The Morgan fingerprint density at radius 2 is 1.96 bits per heavy atom. The van der Waals surface area contributed by atoms with Gasteiger partial charge in [-0.05, 0) is 24.3 Å². The number of thioether (sulfide) groups is 1. The SMILES string of the molecule is Cn1c(COc2ccccc2Cl)nnc1SCc1cc(=O)n2ccccc2n1. The van der Waals surface area contributed by atoms with Crippen LogP contribution in [0, 0.1) is 0 Å². The predicted molar refractivity (Wildman–Crippen MR) is 108 cm³/mol. The van der Waals surface area contributed by atoms with Gasteiger partial charge in [0.1, 0.15) is 18.0 Å². The maximum atomic E-state index is 12.2. The van der Waals surface area contributed by atoms with Gasteiger partial charge < -0.3 is 9.30 Å². The number of nitrogens with zero attached hydrogens (tertiary/aromatic N) is 5. The van der Waals surface area contributed by atoms with Gasteiger partial charge in [-0.3, -0.25) is 9.20 Å². The topological polar surface area (TPSA) is 74.3 Å². The van der Waals surface area contributed by atoms with Crippen LogP contribution in [0.5, 0.6) is 5.75 Å². The molecular formula is C19H16ClN5O2S. The molecule has 0 spiro atoms. The van der Waals surface area contributed by atoms with Crippen LogP contribution in [0.15, 0.2) is 64.7 Å². The van der Waals surface area contributed by atoms with Crippen molar-refractivity contribution in [1.82, 2.24) is 24.1 Å². The second-order valence-corrected chi connectivity index (χ2v) is 7.33. The number of ether oxygens (including phenoxy) is 1. The molecule has 0 aliphatic heterocycles. The maximum Gasteiger partial charge on any atom is 0.258 e. The first-order valence-corrected chi connectivity index (χ1v) is 9.84. The minimum atomic E-state index is -0.104. The van der Waals surface area contributed by atoms with Crippen molar-refractivity contribution < 1.29 is 4.74 Å². The van der Waals surface area contributed by atoms with Crippen LogP contribution < -0.4 is 10.3 Å². The monoisotopic (exact) mass is 413 g/mol. The molecule has 0 amide bonds. The van der Waals surface area contributed by atoms with E-state index in [1.54, 1.807) is 24.4 Å². The summed E-state index contributed by atoms with van der Waals surface area (Å²) in [4.78, 5) is 16.7. The Kier molecular flexibility index (Phi) is 5.31. The largest absolute Gasteiger partial charge is 0.484 e. The Morgan fingerprint density at radius 1 is 1.14 bits per heavy atom. The highest BCUT2D eigenvalue weighted by Crippen LogP contribution is 2.25. The molecule has 0 aliphatic carbocycles. The highest BCUT2D eigenvalue weighted by molar-refractivity contribution is 7.98. The third-order valence-electron chi connectivity index (χ3n) is 4.09. The van der Waals surface area contributed by atoms with Gasteiger partial charge in [-0.1, -0.05) is 41.6 Å². The van der Waals surface area contributed by atoms with Crippen LogP contribution in [0.3, 0.4) is 0 Å². The zero-order valence-electron chi connectivity index (χ0n) is 14.9. The summed E-state index contributed by atoms with van der Waals surface area (Å²) in [5, 5.41) is 9.64. The molecule has 4 rings (SSSR count). The molecule has 28 heavy (non-hydrogen) atoms. The summed E-state index contributed by atoms with van der Waals surface area (Å²) in [6.45, 7) is 0.253. The number of pyridine rings is 1. The molecule has 1 aromatic carbocycles. The average Bonchev–Trinajstić information content (AvgIpc) is 3.05. The summed E-state index contributed by atoms with van der Waals surface area (Å²) in [7, 11) is 1.87. The lowest BCUT2D eigenvalue weighted by Gasteiger charge is -2.08. The van der Waals surface area contributed by atoms with Crippen LogP contribution in [0.2, 0.25) is 5.02 Å². The standard InChI is InChI=1S/C19H16ClN5O2S/c1-24-17(11-27-15-7-3-2-6-14(15)20)22-23-19(24)28-12-13-10-18(26)25-9-5-4-8-16(25)21-13/h2-10H,11-12H2,1H3. The third kappa shape index (κ3) is 3.88. The first-order chi connectivity index (χ1) is 13.6. The fourth-order valence-corrected chi connectivity index (χ4v) is 3.63. The number of benzene rings is 1.